The lowest BCUT2D eigenvalue weighted by atomic mass is 10.1. The van der Waals surface area contributed by atoms with Gasteiger partial charge in [0.1, 0.15) is 11.6 Å². The maximum Gasteiger partial charge on any atom is 0.163 e. The van der Waals surface area contributed by atoms with Crippen molar-refractivity contribution in [2.24, 2.45) is 0 Å². The van der Waals surface area contributed by atoms with E-state index in [-0.39, 0.29) is 5.54 Å². The Morgan fingerprint density at radius 1 is 1.05 bits per heavy atom. The molecule has 0 fully saturated rings. The summed E-state index contributed by atoms with van der Waals surface area (Å²) in [6.45, 7) is 7.66. The highest BCUT2D eigenvalue weighted by Crippen LogP contribution is 2.22. The Kier molecular flexibility index (Phi) is 5.33. The van der Waals surface area contributed by atoms with E-state index in [1.807, 2.05) is 36.4 Å². The van der Waals surface area contributed by atoms with Crippen molar-refractivity contribution >= 4 is 11.6 Å². The molecule has 5 nitrogen and oxygen atoms in total. The topological polar surface area (TPSA) is 59.1 Å². The third kappa shape index (κ3) is 5.00. The Bertz CT molecular complexity index is 593. The molecule has 2 N–H and O–H groups in total. The molecule has 1 aromatic heterocycles. The molecule has 0 saturated carbocycles. The minimum atomic E-state index is -0.0634. The molecule has 0 aliphatic carbocycles. The van der Waals surface area contributed by atoms with Gasteiger partial charge in [0.25, 0.3) is 0 Å². The number of aromatic nitrogens is 2. The standard InChI is InChI=1S/C17H24N4O/c1-17(2,3)21-15-12-14(18-10-11-22-4)19-16(20-15)13-8-6-5-7-9-13/h5-9,12H,10-11H2,1-4H3,(H2,18,19,20,21). The SMILES string of the molecule is COCCNc1cc(NC(C)(C)C)nc(-c2ccccc2)n1. The number of hydrogen-bond acceptors (Lipinski definition) is 5. The molecule has 0 radical (unpaired) electrons. The number of methoxy groups -OCH3 is 1. The molecule has 2 aromatic rings. The number of hydrogen-bond donors (Lipinski definition) is 2. The molecule has 0 bridgehead atoms. The van der Waals surface area contributed by atoms with Gasteiger partial charge in [0.05, 0.1) is 6.61 Å². The lowest BCUT2D eigenvalue weighted by Crippen LogP contribution is -2.27. The molecule has 0 aliphatic heterocycles. The summed E-state index contributed by atoms with van der Waals surface area (Å²) in [5.74, 6) is 2.30. The number of rotatable bonds is 6. The summed E-state index contributed by atoms with van der Waals surface area (Å²) < 4.78 is 5.07. The second-order valence-electron chi connectivity index (χ2n) is 6.12. The number of nitrogens with one attached hydrogen (secondary N) is 2. The second-order valence-corrected chi connectivity index (χ2v) is 6.12. The zero-order chi connectivity index (χ0) is 16.0. The van der Waals surface area contributed by atoms with E-state index in [2.05, 4.69) is 41.4 Å². The van der Waals surface area contributed by atoms with Crippen LogP contribution in [0.3, 0.4) is 0 Å². The van der Waals surface area contributed by atoms with Gasteiger partial charge in [-0.2, -0.15) is 0 Å². The minimum absolute atomic E-state index is 0.0634. The van der Waals surface area contributed by atoms with Gasteiger partial charge in [-0.15, -0.1) is 0 Å². The van der Waals surface area contributed by atoms with Crippen LogP contribution in [0.5, 0.6) is 0 Å². The van der Waals surface area contributed by atoms with Crippen molar-refractivity contribution in [3.05, 3.63) is 36.4 Å². The highest BCUT2D eigenvalue weighted by Gasteiger charge is 2.13. The van der Waals surface area contributed by atoms with Gasteiger partial charge >= 0.3 is 0 Å². The Morgan fingerprint density at radius 3 is 2.36 bits per heavy atom. The van der Waals surface area contributed by atoms with Crippen LogP contribution in [-0.4, -0.2) is 35.8 Å². The van der Waals surface area contributed by atoms with Crippen LogP contribution in [-0.2, 0) is 4.74 Å². The first kappa shape index (κ1) is 16.2. The van der Waals surface area contributed by atoms with E-state index >= 15 is 0 Å². The molecule has 0 atom stereocenters. The summed E-state index contributed by atoms with van der Waals surface area (Å²) in [5, 5.41) is 6.67. The summed E-state index contributed by atoms with van der Waals surface area (Å²) in [6, 6.07) is 11.9. The summed E-state index contributed by atoms with van der Waals surface area (Å²) >= 11 is 0. The van der Waals surface area contributed by atoms with Gasteiger partial charge in [-0.1, -0.05) is 30.3 Å². The molecule has 0 aliphatic rings. The van der Waals surface area contributed by atoms with Crippen molar-refractivity contribution in [1.29, 1.82) is 0 Å². The Hall–Kier alpha value is -2.14. The largest absolute Gasteiger partial charge is 0.383 e. The van der Waals surface area contributed by atoms with Crippen LogP contribution in [0, 0.1) is 0 Å². The maximum absolute atomic E-state index is 5.07. The normalized spacial score (nSPS) is 11.3. The highest BCUT2D eigenvalue weighted by atomic mass is 16.5. The summed E-state index contributed by atoms with van der Waals surface area (Å²) in [4.78, 5) is 9.21. The molecule has 5 heteroatoms. The predicted octanol–water partition coefficient (Wildman–Crippen LogP) is 3.41. The van der Waals surface area contributed by atoms with E-state index < -0.39 is 0 Å². The Labute approximate surface area is 132 Å². The molecule has 0 unspecified atom stereocenters. The van der Waals surface area contributed by atoms with Crippen LogP contribution in [0.25, 0.3) is 11.4 Å². The van der Waals surface area contributed by atoms with Crippen molar-refractivity contribution in [3.63, 3.8) is 0 Å². The van der Waals surface area contributed by atoms with E-state index in [1.54, 1.807) is 7.11 Å². The minimum Gasteiger partial charge on any atom is -0.383 e. The first-order valence-electron chi connectivity index (χ1n) is 7.43. The third-order valence-electron chi connectivity index (χ3n) is 2.87. The number of anilines is 2. The highest BCUT2D eigenvalue weighted by molar-refractivity contribution is 5.61. The zero-order valence-electron chi connectivity index (χ0n) is 13.7. The maximum atomic E-state index is 5.07. The zero-order valence-corrected chi connectivity index (χ0v) is 13.7. The molecular weight excluding hydrogens is 276 g/mol. The summed E-state index contributed by atoms with van der Waals surface area (Å²) in [5.41, 5.74) is 0.932. The molecule has 118 valence electrons. The number of ether oxygens (including phenoxy) is 1. The average Bonchev–Trinajstić information content (AvgIpc) is 2.46. The van der Waals surface area contributed by atoms with Gasteiger partial charge < -0.3 is 15.4 Å². The second kappa shape index (κ2) is 7.22. The lowest BCUT2D eigenvalue weighted by Gasteiger charge is -2.22. The van der Waals surface area contributed by atoms with E-state index in [4.69, 9.17) is 4.74 Å². The first-order valence-corrected chi connectivity index (χ1v) is 7.43. The fraction of sp³-hybridized carbons (Fsp3) is 0.412. The van der Waals surface area contributed by atoms with Crippen molar-refractivity contribution < 1.29 is 4.74 Å². The molecule has 1 heterocycles. The van der Waals surface area contributed by atoms with Crippen LogP contribution < -0.4 is 10.6 Å². The average molecular weight is 300 g/mol. The van der Waals surface area contributed by atoms with Gasteiger partial charge in [0.15, 0.2) is 5.82 Å². The van der Waals surface area contributed by atoms with Gasteiger partial charge in [0.2, 0.25) is 0 Å². The van der Waals surface area contributed by atoms with Crippen LogP contribution in [0.4, 0.5) is 11.6 Å². The third-order valence-corrected chi connectivity index (χ3v) is 2.87. The van der Waals surface area contributed by atoms with Crippen molar-refractivity contribution in [1.82, 2.24) is 9.97 Å². The molecule has 0 saturated heterocycles. The molecule has 1 aromatic carbocycles. The lowest BCUT2D eigenvalue weighted by molar-refractivity contribution is 0.210. The van der Waals surface area contributed by atoms with E-state index in [0.29, 0.717) is 19.0 Å². The molecule has 0 spiro atoms. The monoisotopic (exact) mass is 300 g/mol. The summed E-state index contributed by atoms with van der Waals surface area (Å²) in [7, 11) is 1.68. The van der Waals surface area contributed by atoms with Crippen molar-refractivity contribution in [3.8, 4) is 11.4 Å². The Balaban J connectivity index is 2.31. The van der Waals surface area contributed by atoms with Crippen molar-refractivity contribution in [2.45, 2.75) is 26.3 Å². The first-order chi connectivity index (χ1) is 10.5. The number of nitrogens with zero attached hydrogens (tertiary/aromatic N) is 2. The van der Waals surface area contributed by atoms with Crippen LogP contribution >= 0.6 is 0 Å². The number of benzene rings is 1. The molecule has 22 heavy (non-hydrogen) atoms. The van der Waals surface area contributed by atoms with Crippen LogP contribution in [0.1, 0.15) is 20.8 Å². The predicted molar refractivity (Wildman–Crippen MR) is 91.2 cm³/mol. The van der Waals surface area contributed by atoms with Gasteiger partial charge in [-0.05, 0) is 20.8 Å². The van der Waals surface area contributed by atoms with Crippen LogP contribution in [0.2, 0.25) is 0 Å². The fourth-order valence-corrected chi connectivity index (χ4v) is 1.98. The van der Waals surface area contributed by atoms with Crippen LogP contribution in [0.15, 0.2) is 36.4 Å². The quantitative estimate of drug-likeness (QED) is 0.801. The molecule has 2 rings (SSSR count). The Morgan fingerprint density at radius 2 is 1.73 bits per heavy atom. The van der Waals surface area contributed by atoms with Gasteiger partial charge in [0, 0.05) is 30.8 Å². The van der Waals surface area contributed by atoms with Gasteiger partial charge in [-0.25, -0.2) is 9.97 Å². The fourth-order valence-electron chi connectivity index (χ4n) is 1.98. The molecular formula is C17H24N4O. The summed E-state index contributed by atoms with van der Waals surface area (Å²) in [6.07, 6.45) is 0. The van der Waals surface area contributed by atoms with Crippen molar-refractivity contribution in [2.75, 3.05) is 30.9 Å². The van der Waals surface area contributed by atoms with E-state index in [9.17, 15) is 0 Å². The van der Waals surface area contributed by atoms with Gasteiger partial charge in [-0.3, -0.25) is 0 Å². The van der Waals surface area contributed by atoms with E-state index in [1.165, 1.54) is 0 Å². The smallest absolute Gasteiger partial charge is 0.163 e. The van der Waals surface area contributed by atoms with E-state index in [0.717, 1.165) is 17.2 Å². The molecule has 0 amide bonds.